The van der Waals surface area contributed by atoms with E-state index in [1.54, 1.807) is 69.6 Å². The van der Waals surface area contributed by atoms with Gasteiger partial charge in [-0.05, 0) is 117 Å². The van der Waals surface area contributed by atoms with Crippen molar-refractivity contribution in [1.82, 2.24) is 34.4 Å². The summed E-state index contributed by atoms with van der Waals surface area (Å²) >= 11 is 0. The number of methoxy groups -OCH3 is 1. The monoisotopic (exact) mass is 1250 g/mol. The molecule has 4 aromatic heterocycles. The molecule has 3 aliphatic heterocycles. The molecule has 0 atom stereocenters. The van der Waals surface area contributed by atoms with Gasteiger partial charge in [-0.15, -0.1) is 0 Å². The first kappa shape index (κ1) is 60.6. The number of fused-ring (bicyclic) bond motifs is 6. The van der Waals surface area contributed by atoms with Gasteiger partial charge in [0.1, 0.15) is 49.6 Å². The molecule has 91 heavy (non-hydrogen) atoms. The predicted molar refractivity (Wildman–Crippen MR) is 326 cm³/mol. The molecule has 0 radical (unpaired) electrons. The lowest BCUT2D eigenvalue weighted by Crippen LogP contribution is -2.37. The third-order valence-electron chi connectivity index (χ3n) is 14.7. The van der Waals surface area contributed by atoms with Crippen LogP contribution in [-0.2, 0) is 4.74 Å². The van der Waals surface area contributed by atoms with Crippen LogP contribution in [0.2, 0.25) is 0 Å². The summed E-state index contributed by atoms with van der Waals surface area (Å²) in [6.07, 6.45) is 7.06. The smallest absolute Gasteiger partial charge is 0.280 e. The van der Waals surface area contributed by atoms with Crippen LogP contribution in [-0.4, -0.2) is 126 Å². The first-order valence-electron chi connectivity index (χ1n) is 29.1. The Labute approximate surface area is 517 Å². The van der Waals surface area contributed by atoms with Gasteiger partial charge in [0.05, 0.1) is 72.9 Å². The Kier molecular flexibility index (Phi) is 18.0. The van der Waals surface area contributed by atoms with Gasteiger partial charge in [-0.3, -0.25) is 24.5 Å². The predicted octanol–water partition coefficient (Wildman–Crippen LogP) is 12.2. The van der Waals surface area contributed by atoms with E-state index in [-0.39, 0.29) is 58.3 Å². The summed E-state index contributed by atoms with van der Waals surface area (Å²) in [6.45, 7) is 11.6. The van der Waals surface area contributed by atoms with Gasteiger partial charge in [-0.1, -0.05) is 0 Å². The topological polar surface area (TPSA) is 215 Å². The third-order valence-corrected chi connectivity index (χ3v) is 14.7. The minimum Gasteiger partial charge on any atom is -0.493 e. The lowest BCUT2D eigenvalue weighted by atomic mass is 10.1. The van der Waals surface area contributed by atoms with Crippen molar-refractivity contribution in [3.05, 3.63) is 174 Å². The highest BCUT2D eigenvalue weighted by Gasteiger charge is 2.28. The summed E-state index contributed by atoms with van der Waals surface area (Å²) in [5.41, 5.74) is 4.02. The highest BCUT2D eigenvalue weighted by atomic mass is 19.1. The van der Waals surface area contributed by atoms with E-state index in [1.807, 2.05) is 0 Å². The lowest BCUT2D eigenvalue weighted by Gasteiger charge is -2.26. The van der Waals surface area contributed by atoms with Crippen LogP contribution < -0.4 is 53.3 Å². The molecule has 2 amide bonds. The quantitative estimate of drug-likeness (QED) is 0.0603. The first-order chi connectivity index (χ1) is 44.3. The SMILES string of the molecule is CCOc1cn(-c2ccc(F)cc2C)nc1C(=O)Nc1ccc(Oc2ccnc3cc(OC)c4c(c23)OCCO4)c(F)c1.Cc1cc(F)ccc1-n1ccc(C(=O)Nc2ccc(Oc3ccnc4cc(OCCCN5CCOCC5)c5c(c34)OCCO5)c(F)c2)n1. The van der Waals surface area contributed by atoms with Crippen molar-refractivity contribution in [1.29, 1.82) is 0 Å². The van der Waals surface area contributed by atoms with Crippen LogP contribution >= 0.6 is 0 Å². The van der Waals surface area contributed by atoms with Gasteiger partial charge in [-0.2, -0.15) is 10.2 Å². The zero-order chi connectivity index (χ0) is 63.1. The Bertz CT molecular complexity index is 4370. The summed E-state index contributed by atoms with van der Waals surface area (Å²) in [5, 5.41) is 15.0. The highest BCUT2D eigenvalue weighted by Crippen LogP contribution is 2.50. The van der Waals surface area contributed by atoms with Crippen LogP contribution in [0.5, 0.6) is 63.2 Å². The number of hydrogen-bond acceptors (Lipinski definition) is 17. The van der Waals surface area contributed by atoms with E-state index in [9.17, 15) is 18.4 Å². The molecule has 0 bridgehead atoms. The molecule has 0 spiro atoms. The number of benzene rings is 6. The van der Waals surface area contributed by atoms with E-state index < -0.39 is 23.4 Å². The summed E-state index contributed by atoms with van der Waals surface area (Å²) in [4.78, 5) is 37.3. The normalized spacial score (nSPS) is 13.5. The Hall–Kier alpha value is -10.7. The molecule has 0 unspecified atom stereocenters. The summed E-state index contributed by atoms with van der Waals surface area (Å²) in [6, 6.07) is 24.9. The Morgan fingerprint density at radius 1 is 0.560 bits per heavy atom. The maximum atomic E-state index is 15.4. The largest absolute Gasteiger partial charge is 0.493 e. The molecule has 3 aliphatic rings. The zero-order valence-electron chi connectivity index (χ0n) is 49.7. The fraction of sp³-hybridized carbons (Fsp3) is 0.242. The summed E-state index contributed by atoms with van der Waals surface area (Å²) in [7, 11) is 1.52. The van der Waals surface area contributed by atoms with E-state index in [1.165, 1.54) is 83.5 Å². The van der Waals surface area contributed by atoms with Crippen LogP contribution in [0.1, 0.15) is 45.4 Å². The molecule has 468 valence electrons. The van der Waals surface area contributed by atoms with Crippen molar-refractivity contribution in [3.63, 3.8) is 0 Å². The van der Waals surface area contributed by atoms with E-state index >= 15 is 8.78 Å². The standard InChI is InChI=1S/C35H33F2N5O6.C31H26F2N4O6/c1-22-19-23(36)3-5-28(22)42-11-8-26(40-42)35(43)39-24-4-6-29(25(37)20-24)48-30-7-9-38-27-21-31(33-34(32(27)30)47-18-17-46-33)45-14-2-10-41-12-15-44-16-13-41;1-4-40-26-16-37(22-7-5-18(32)13-17(22)2)36-28(26)31(38)35-19-6-8-23(20(33)14-19)43-24-9-10-34-21-15-25(39-3)29-30(27(21)24)42-12-11-41-29/h3-9,11,19-21H,2,10,12-18H2,1H3,(H,39,43);5-10,13-16H,4,11-12H2,1-3H3,(H,35,38). The fourth-order valence-corrected chi connectivity index (χ4v) is 10.4. The van der Waals surface area contributed by atoms with Gasteiger partial charge in [0, 0.05) is 73.9 Å². The molecule has 1 saturated heterocycles. The summed E-state index contributed by atoms with van der Waals surface area (Å²) < 4.78 is 119. The van der Waals surface area contributed by atoms with Gasteiger partial charge in [0.2, 0.25) is 11.5 Å². The van der Waals surface area contributed by atoms with Crippen molar-refractivity contribution in [2.24, 2.45) is 0 Å². The zero-order valence-corrected chi connectivity index (χ0v) is 49.7. The average Bonchev–Trinajstić information content (AvgIpc) is 1.56. The first-order valence-corrected chi connectivity index (χ1v) is 29.1. The van der Waals surface area contributed by atoms with Gasteiger partial charge in [0.15, 0.2) is 63.3 Å². The van der Waals surface area contributed by atoms with Crippen LogP contribution in [0, 0.1) is 37.1 Å². The second-order valence-corrected chi connectivity index (χ2v) is 20.9. The Morgan fingerprint density at radius 2 is 1.11 bits per heavy atom. The number of amides is 2. The second-order valence-electron chi connectivity index (χ2n) is 20.9. The molecule has 1 fully saturated rings. The van der Waals surface area contributed by atoms with Crippen LogP contribution in [0.3, 0.4) is 0 Å². The molecule has 21 nitrogen and oxygen atoms in total. The molecular weight excluding hydrogens is 1190 g/mol. The maximum Gasteiger partial charge on any atom is 0.280 e. The lowest BCUT2D eigenvalue weighted by molar-refractivity contribution is 0.0357. The van der Waals surface area contributed by atoms with Crippen LogP contribution in [0.25, 0.3) is 33.2 Å². The molecule has 6 aromatic carbocycles. The number of nitrogens with zero attached hydrogens (tertiary/aromatic N) is 7. The Morgan fingerprint density at radius 3 is 1.67 bits per heavy atom. The number of aryl methyl sites for hydroxylation is 2. The van der Waals surface area contributed by atoms with Crippen molar-refractivity contribution >= 4 is 45.0 Å². The van der Waals surface area contributed by atoms with Crippen molar-refractivity contribution in [3.8, 4) is 74.6 Å². The van der Waals surface area contributed by atoms with Gasteiger partial charge < -0.3 is 58.0 Å². The molecule has 2 N–H and O–H groups in total. The third kappa shape index (κ3) is 13.4. The number of aromatic nitrogens is 6. The van der Waals surface area contributed by atoms with Crippen LogP contribution in [0.15, 0.2) is 128 Å². The number of rotatable bonds is 18. The van der Waals surface area contributed by atoms with Gasteiger partial charge in [-0.25, -0.2) is 26.9 Å². The number of anilines is 2. The van der Waals surface area contributed by atoms with E-state index in [0.29, 0.717) is 123 Å². The minimum atomic E-state index is -0.722. The molecular formula is C66H59F4N9O12. The van der Waals surface area contributed by atoms with Gasteiger partial charge in [0.25, 0.3) is 11.8 Å². The second kappa shape index (κ2) is 27.0. The number of hydrogen-bond donors (Lipinski definition) is 2. The van der Waals surface area contributed by atoms with E-state index in [2.05, 4.69) is 35.7 Å². The number of halogens is 4. The average molecular weight is 1250 g/mol. The molecule has 10 aromatic rings. The summed E-state index contributed by atoms with van der Waals surface area (Å²) in [5.74, 6) is 0.0380. The van der Waals surface area contributed by atoms with Gasteiger partial charge >= 0.3 is 0 Å². The van der Waals surface area contributed by atoms with Crippen LogP contribution in [0.4, 0.5) is 28.9 Å². The molecule has 25 heteroatoms. The van der Waals surface area contributed by atoms with E-state index in [4.69, 9.17) is 47.4 Å². The van der Waals surface area contributed by atoms with Crippen molar-refractivity contribution < 1.29 is 74.5 Å². The number of carbonyl (C=O) groups is 2. The molecule has 7 heterocycles. The number of ether oxygens (including phenoxy) is 10. The minimum absolute atomic E-state index is 0.0167. The maximum absolute atomic E-state index is 15.4. The number of nitrogens with one attached hydrogen (secondary N) is 2. The molecule has 13 rings (SSSR count). The van der Waals surface area contributed by atoms with Crippen molar-refractivity contribution in [2.45, 2.75) is 27.2 Å². The number of carbonyl (C=O) groups excluding carboxylic acids is 2. The fourth-order valence-electron chi connectivity index (χ4n) is 10.4. The molecule has 0 saturated carbocycles. The number of morpholine rings is 1. The Balaban J connectivity index is 0.000000177. The molecule has 0 aliphatic carbocycles. The highest BCUT2D eigenvalue weighted by molar-refractivity contribution is 6.05. The number of pyridine rings is 2. The van der Waals surface area contributed by atoms with Crippen molar-refractivity contribution in [2.75, 3.05) is 90.2 Å². The van der Waals surface area contributed by atoms with E-state index in [0.717, 1.165) is 51.4 Å².